The predicted molar refractivity (Wildman–Crippen MR) is 131 cm³/mol. The van der Waals surface area contributed by atoms with Crippen molar-refractivity contribution in [3.05, 3.63) is 59.8 Å². The van der Waals surface area contributed by atoms with Gasteiger partial charge in [0, 0.05) is 50.9 Å². The molecule has 0 unspecified atom stereocenters. The van der Waals surface area contributed by atoms with Crippen molar-refractivity contribution in [2.75, 3.05) is 14.2 Å². The SMILES string of the molecule is CCCCCn1nc(C(CC)(OC)OC)nc1Cc1ccc(-c2ccccc2-c2nn[nH]n2)nc1. The van der Waals surface area contributed by atoms with Gasteiger partial charge in [0.2, 0.25) is 17.4 Å². The summed E-state index contributed by atoms with van der Waals surface area (Å²) in [5.41, 5.74) is 3.69. The Hall–Kier alpha value is -3.50. The van der Waals surface area contributed by atoms with Crippen LogP contribution in [0.5, 0.6) is 0 Å². The third kappa shape index (κ3) is 5.28. The van der Waals surface area contributed by atoms with Crippen LogP contribution in [-0.2, 0) is 28.2 Å². The Morgan fingerprint density at radius 3 is 2.43 bits per heavy atom. The van der Waals surface area contributed by atoms with Gasteiger partial charge in [-0.1, -0.05) is 57.0 Å². The highest BCUT2D eigenvalue weighted by Gasteiger charge is 2.35. The smallest absolute Gasteiger partial charge is 0.231 e. The van der Waals surface area contributed by atoms with Crippen molar-refractivity contribution in [3.63, 3.8) is 0 Å². The predicted octanol–water partition coefficient (Wildman–Crippen LogP) is 4.16. The van der Waals surface area contributed by atoms with Crippen molar-refractivity contribution >= 4 is 0 Å². The Morgan fingerprint density at radius 1 is 1.00 bits per heavy atom. The van der Waals surface area contributed by atoms with Gasteiger partial charge in [0.15, 0.2) is 0 Å². The fourth-order valence-electron chi connectivity index (χ4n) is 4.12. The lowest BCUT2D eigenvalue weighted by Gasteiger charge is -2.26. The average molecular weight is 477 g/mol. The largest absolute Gasteiger partial charge is 0.347 e. The van der Waals surface area contributed by atoms with Gasteiger partial charge in [-0.3, -0.25) is 4.98 Å². The number of aromatic nitrogens is 8. The van der Waals surface area contributed by atoms with Crippen LogP contribution in [0.3, 0.4) is 0 Å². The summed E-state index contributed by atoms with van der Waals surface area (Å²) < 4.78 is 13.3. The van der Waals surface area contributed by atoms with Gasteiger partial charge in [0.1, 0.15) is 5.82 Å². The molecular weight excluding hydrogens is 444 g/mol. The van der Waals surface area contributed by atoms with Crippen LogP contribution in [0.4, 0.5) is 0 Å². The van der Waals surface area contributed by atoms with E-state index in [9.17, 15) is 0 Å². The fraction of sp³-hybridized carbons (Fsp3) is 0.440. The highest BCUT2D eigenvalue weighted by atomic mass is 16.7. The van der Waals surface area contributed by atoms with Crippen LogP contribution in [0.2, 0.25) is 0 Å². The molecule has 3 aromatic heterocycles. The maximum Gasteiger partial charge on any atom is 0.231 e. The lowest BCUT2D eigenvalue weighted by molar-refractivity contribution is -0.222. The summed E-state index contributed by atoms with van der Waals surface area (Å²) in [6.45, 7) is 4.99. The molecule has 1 N–H and O–H groups in total. The van der Waals surface area contributed by atoms with E-state index in [0.29, 0.717) is 24.5 Å². The van der Waals surface area contributed by atoms with E-state index in [2.05, 4.69) is 33.6 Å². The number of aryl methyl sites for hydroxylation is 1. The maximum absolute atomic E-state index is 5.68. The minimum absolute atomic E-state index is 0.537. The van der Waals surface area contributed by atoms with E-state index in [1.807, 2.05) is 48.1 Å². The second-order valence-corrected chi connectivity index (χ2v) is 8.31. The number of pyridine rings is 1. The standard InChI is InChI=1S/C25H32N8O2/c1-5-7-10-15-33-22(27-24(30-33)25(6-2,34-3)35-4)16-18-13-14-21(26-17-18)19-11-8-9-12-20(19)23-28-31-32-29-23/h8-9,11-14,17H,5-7,10,15-16H2,1-4H3,(H,28,29,31,32). The second-order valence-electron chi connectivity index (χ2n) is 8.31. The molecule has 0 bridgehead atoms. The number of benzene rings is 1. The van der Waals surface area contributed by atoms with Crippen molar-refractivity contribution in [2.45, 2.75) is 58.3 Å². The van der Waals surface area contributed by atoms with E-state index >= 15 is 0 Å². The number of ether oxygens (including phenoxy) is 2. The van der Waals surface area contributed by atoms with Gasteiger partial charge in [-0.25, -0.2) is 9.67 Å². The van der Waals surface area contributed by atoms with Gasteiger partial charge in [-0.05, 0) is 23.3 Å². The van der Waals surface area contributed by atoms with Crippen LogP contribution < -0.4 is 0 Å². The van der Waals surface area contributed by atoms with Crippen LogP contribution in [0.25, 0.3) is 22.6 Å². The lowest BCUT2D eigenvalue weighted by atomic mass is 10.0. The second kappa shape index (κ2) is 11.3. The first kappa shape index (κ1) is 24.6. The topological polar surface area (TPSA) is 117 Å². The monoisotopic (exact) mass is 476 g/mol. The van der Waals surface area contributed by atoms with Crippen molar-refractivity contribution in [1.29, 1.82) is 0 Å². The summed E-state index contributed by atoms with van der Waals surface area (Å²) in [6, 6.07) is 12.0. The highest BCUT2D eigenvalue weighted by Crippen LogP contribution is 2.29. The Morgan fingerprint density at radius 2 is 1.80 bits per heavy atom. The van der Waals surface area contributed by atoms with Crippen LogP contribution in [0, 0.1) is 0 Å². The van der Waals surface area contributed by atoms with E-state index in [1.165, 1.54) is 0 Å². The number of methoxy groups -OCH3 is 2. The number of nitrogens with zero attached hydrogens (tertiary/aromatic N) is 7. The summed E-state index contributed by atoms with van der Waals surface area (Å²) in [6.07, 6.45) is 6.41. The van der Waals surface area contributed by atoms with Gasteiger partial charge in [-0.2, -0.15) is 10.3 Å². The van der Waals surface area contributed by atoms with Crippen molar-refractivity contribution in [3.8, 4) is 22.6 Å². The normalized spacial score (nSPS) is 11.8. The molecule has 4 rings (SSSR count). The first-order chi connectivity index (χ1) is 17.1. The number of hydrogen-bond donors (Lipinski definition) is 1. The first-order valence-corrected chi connectivity index (χ1v) is 12.0. The van der Waals surface area contributed by atoms with Crippen LogP contribution in [-0.4, -0.2) is 54.6 Å². The number of hydrogen-bond acceptors (Lipinski definition) is 8. The summed E-state index contributed by atoms with van der Waals surface area (Å²) in [5, 5.41) is 19.2. The Labute approximate surface area is 205 Å². The minimum Gasteiger partial charge on any atom is -0.347 e. The molecule has 0 saturated heterocycles. The van der Waals surface area contributed by atoms with Gasteiger partial charge in [0.05, 0.1) is 5.69 Å². The number of rotatable bonds is 12. The van der Waals surface area contributed by atoms with E-state index in [-0.39, 0.29) is 0 Å². The molecule has 1 aromatic carbocycles. The van der Waals surface area contributed by atoms with Crippen molar-refractivity contribution < 1.29 is 9.47 Å². The molecule has 184 valence electrons. The zero-order chi connectivity index (χ0) is 24.7. The molecule has 0 saturated carbocycles. The van der Waals surface area contributed by atoms with Crippen molar-refractivity contribution in [2.24, 2.45) is 0 Å². The molecule has 0 amide bonds. The molecule has 10 heteroatoms. The Bertz CT molecular complexity index is 1190. The Kier molecular flexibility index (Phi) is 7.94. The number of aromatic amines is 1. The molecule has 0 atom stereocenters. The molecule has 0 radical (unpaired) electrons. The van der Waals surface area contributed by atoms with E-state index in [0.717, 1.165) is 54.0 Å². The summed E-state index contributed by atoms with van der Waals surface area (Å²) in [4.78, 5) is 9.58. The molecule has 0 aliphatic carbocycles. The highest BCUT2D eigenvalue weighted by molar-refractivity contribution is 5.78. The van der Waals surface area contributed by atoms with E-state index in [1.54, 1.807) is 14.2 Å². The molecule has 10 nitrogen and oxygen atoms in total. The quantitative estimate of drug-likeness (QED) is 0.239. The zero-order valence-corrected chi connectivity index (χ0v) is 20.7. The van der Waals surface area contributed by atoms with Gasteiger partial charge >= 0.3 is 0 Å². The molecule has 0 fully saturated rings. The molecule has 0 spiro atoms. The van der Waals surface area contributed by atoms with Crippen LogP contribution in [0.15, 0.2) is 42.6 Å². The molecule has 35 heavy (non-hydrogen) atoms. The Balaban J connectivity index is 1.61. The number of nitrogens with one attached hydrogen (secondary N) is 1. The molecule has 0 aliphatic heterocycles. The van der Waals surface area contributed by atoms with Crippen LogP contribution in [0.1, 0.15) is 56.7 Å². The van der Waals surface area contributed by atoms with Crippen molar-refractivity contribution in [1.82, 2.24) is 40.4 Å². The summed E-state index contributed by atoms with van der Waals surface area (Å²) >= 11 is 0. The molecule has 4 aromatic rings. The number of H-pyrrole nitrogens is 1. The first-order valence-electron chi connectivity index (χ1n) is 12.0. The average Bonchev–Trinajstić information content (AvgIpc) is 3.57. The van der Waals surface area contributed by atoms with E-state index < -0.39 is 5.79 Å². The fourth-order valence-corrected chi connectivity index (χ4v) is 4.12. The minimum atomic E-state index is -0.953. The third-order valence-electron chi connectivity index (χ3n) is 6.16. The van der Waals surface area contributed by atoms with Gasteiger partial charge in [-0.15, -0.1) is 10.2 Å². The van der Waals surface area contributed by atoms with Gasteiger partial charge in [0.25, 0.3) is 0 Å². The lowest BCUT2D eigenvalue weighted by Crippen LogP contribution is -2.31. The molecule has 3 heterocycles. The zero-order valence-electron chi connectivity index (χ0n) is 20.7. The summed E-state index contributed by atoms with van der Waals surface area (Å²) in [7, 11) is 3.25. The summed E-state index contributed by atoms with van der Waals surface area (Å²) in [5.74, 6) is 1.00. The number of tetrazole rings is 1. The maximum atomic E-state index is 5.68. The van der Waals surface area contributed by atoms with Gasteiger partial charge < -0.3 is 9.47 Å². The number of unbranched alkanes of at least 4 members (excludes halogenated alkanes) is 2. The third-order valence-corrected chi connectivity index (χ3v) is 6.16. The van der Waals surface area contributed by atoms with Crippen LogP contribution >= 0.6 is 0 Å². The molecule has 0 aliphatic rings. The molecular formula is C25H32N8O2. The van der Waals surface area contributed by atoms with E-state index in [4.69, 9.17) is 24.5 Å².